The monoisotopic (exact) mass is 512 g/mol. The molecule has 1 aromatic rings. The standard InChI is InChI=1S/C26H40O10/c1-2-3-5-10-24(27)35-21-19-33-17-15-31-13-11-30-12-14-32-16-18-34-20-22-36-26(29)25(28)23-8-6-4-7-9-23/h4,6-9H,2-3,5,10-22H2,1H3. The number of ketones is 1. The van der Waals surface area contributed by atoms with Gasteiger partial charge < -0.3 is 33.2 Å². The Kier molecular flexibility index (Phi) is 20.3. The molecule has 10 nitrogen and oxygen atoms in total. The fourth-order valence-electron chi connectivity index (χ4n) is 2.75. The molecule has 0 saturated carbocycles. The van der Waals surface area contributed by atoms with Crippen LogP contribution in [-0.4, -0.2) is 97.0 Å². The number of hydrogen-bond acceptors (Lipinski definition) is 10. The molecule has 0 fully saturated rings. The van der Waals surface area contributed by atoms with Gasteiger partial charge in [0, 0.05) is 12.0 Å². The molecular weight excluding hydrogens is 472 g/mol. The average Bonchev–Trinajstić information content (AvgIpc) is 2.90. The summed E-state index contributed by atoms with van der Waals surface area (Å²) in [6.45, 7) is 6.23. The van der Waals surface area contributed by atoms with E-state index in [0.717, 1.165) is 19.3 Å². The molecule has 10 heteroatoms. The van der Waals surface area contributed by atoms with Crippen molar-refractivity contribution in [1.29, 1.82) is 0 Å². The molecule has 0 bridgehead atoms. The lowest BCUT2D eigenvalue weighted by molar-refractivity contribution is -0.145. The molecule has 0 N–H and O–H groups in total. The summed E-state index contributed by atoms with van der Waals surface area (Å²) in [5.41, 5.74) is 0.295. The minimum Gasteiger partial charge on any atom is -0.463 e. The third-order valence-electron chi connectivity index (χ3n) is 4.65. The van der Waals surface area contributed by atoms with Crippen molar-refractivity contribution in [2.45, 2.75) is 32.6 Å². The highest BCUT2D eigenvalue weighted by Gasteiger charge is 2.17. The second kappa shape index (κ2) is 23.1. The van der Waals surface area contributed by atoms with E-state index in [1.54, 1.807) is 30.3 Å². The van der Waals surface area contributed by atoms with E-state index in [2.05, 4.69) is 6.92 Å². The van der Waals surface area contributed by atoms with Gasteiger partial charge >= 0.3 is 11.9 Å². The van der Waals surface area contributed by atoms with Crippen LogP contribution in [0, 0.1) is 0 Å². The molecule has 0 aliphatic heterocycles. The lowest BCUT2D eigenvalue weighted by Gasteiger charge is -2.08. The first-order valence-corrected chi connectivity index (χ1v) is 12.5. The number of carbonyl (C=O) groups is 3. The van der Waals surface area contributed by atoms with E-state index < -0.39 is 11.8 Å². The largest absolute Gasteiger partial charge is 0.463 e. The maximum atomic E-state index is 11.8. The average molecular weight is 513 g/mol. The van der Waals surface area contributed by atoms with Crippen molar-refractivity contribution < 1.29 is 47.5 Å². The number of hydrogen-bond donors (Lipinski definition) is 0. The number of rotatable bonds is 24. The summed E-state index contributed by atoms with van der Waals surface area (Å²) in [7, 11) is 0. The van der Waals surface area contributed by atoms with Crippen LogP contribution in [0.4, 0.5) is 0 Å². The lowest BCUT2D eigenvalue weighted by atomic mass is 10.1. The zero-order valence-electron chi connectivity index (χ0n) is 21.3. The maximum Gasteiger partial charge on any atom is 0.379 e. The van der Waals surface area contributed by atoms with Gasteiger partial charge in [0.2, 0.25) is 0 Å². The van der Waals surface area contributed by atoms with E-state index in [1.807, 2.05) is 0 Å². The van der Waals surface area contributed by atoms with Crippen molar-refractivity contribution in [3.63, 3.8) is 0 Å². The van der Waals surface area contributed by atoms with Gasteiger partial charge in [-0.25, -0.2) is 4.79 Å². The number of unbranched alkanes of at least 4 members (excludes halogenated alkanes) is 2. The Morgan fingerprint density at radius 2 is 1.03 bits per heavy atom. The van der Waals surface area contributed by atoms with Crippen LogP contribution in [-0.2, 0) is 42.7 Å². The summed E-state index contributed by atoms with van der Waals surface area (Å²) in [5.74, 6) is -1.75. The number of Topliss-reactive ketones (excluding diaryl/α,β-unsaturated/α-hetero) is 1. The molecule has 0 aliphatic rings. The van der Waals surface area contributed by atoms with Crippen LogP contribution in [0.2, 0.25) is 0 Å². The van der Waals surface area contributed by atoms with Crippen LogP contribution < -0.4 is 0 Å². The smallest absolute Gasteiger partial charge is 0.379 e. The molecular formula is C26H40O10. The van der Waals surface area contributed by atoms with E-state index in [0.29, 0.717) is 71.4 Å². The van der Waals surface area contributed by atoms with E-state index in [9.17, 15) is 14.4 Å². The predicted octanol–water partition coefficient (Wildman–Crippen LogP) is 2.62. The van der Waals surface area contributed by atoms with Crippen molar-refractivity contribution in [3.8, 4) is 0 Å². The summed E-state index contributed by atoms with van der Waals surface area (Å²) in [6, 6.07) is 8.24. The molecule has 0 aliphatic carbocycles. The Balaban J connectivity index is 1.76. The van der Waals surface area contributed by atoms with E-state index in [4.69, 9.17) is 33.2 Å². The van der Waals surface area contributed by atoms with Crippen molar-refractivity contribution in [1.82, 2.24) is 0 Å². The minimum atomic E-state index is -0.898. The SMILES string of the molecule is CCCCCC(=O)OCCOCCOCCOCCOCCOCCOC(=O)C(=O)c1ccccc1. The third kappa shape index (κ3) is 18.0. The second-order valence-corrected chi connectivity index (χ2v) is 7.57. The minimum absolute atomic E-state index is 0.00185. The van der Waals surface area contributed by atoms with Crippen molar-refractivity contribution >= 4 is 17.7 Å². The molecule has 0 atom stereocenters. The van der Waals surface area contributed by atoms with Crippen LogP contribution in [0.1, 0.15) is 43.0 Å². The highest BCUT2D eigenvalue weighted by atomic mass is 16.6. The molecule has 1 aromatic carbocycles. The van der Waals surface area contributed by atoms with E-state index in [-0.39, 0.29) is 25.8 Å². The Bertz CT molecular complexity index is 695. The molecule has 0 spiro atoms. The summed E-state index contributed by atoms with van der Waals surface area (Å²) < 4.78 is 36.8. The molecule has 0 unspecified atom stereocenters. The summed E-state index contributed by atoms with van der Waals surface area (Å²) in [4.78, 5) is 34.9. The van der Waals surface area contributed by atoms with E-state index >= 15 is 0 Å². The summed E-state index contributed by atoms with van der Waals surface area (Å²) >= 11 is 0. The van der Waals surface area contributed by atoms with E-state index in [1.165, 1.54) is 0 Å². The molecule has 0 saturated heterocycles. The van der Waals surface area contributed by atoms with Gasteiger partial charge in [0.05, 0.1) is 66.1 Å². The van der Waals surface area contributed by atoms with Gasteiger partial charge in [-0.05, 0) is 6.42 Å². The zero-order chi connectivity index (χ0) is 26.1. The number of carbonyl (C=O) groups excluding carboxylic acids is 3. The Labute approximate surface area is 213 Å². The fraction of sp³-hybridized carbons (Fsp3) is 0.654. The van der Waals surface area contributed by atoms with Crippen molar-refractivity contribution in [2.75, 3.05) is 79.3 Å². The highest BCUT2D eigenvalue weighted by Crippen LogP contribution is 2.02. The topological polar surface area (TPSA) is 116 Å². The van der Waals surface area contributed by atoms with Crippen LogP contribution in [0.5, 0.6) is 0 Å². The van der Waals surface area contributed by atoms with Crippen molar-refractivity contribution in [2.24, 2.45) is 0 Å². The first-order valence-electron chi connectivity index (χ1n) is 12.5. The molecule has 36 heavy (non-hydrogen) atoms. The van der Waals surface area contributed by atoms with Crippen molar-refractivity contribution in [3.05, 3.63) is 35.9 Å². The number of benzene rings is 1. The van der Waals surface area contributed by atoms with Crippen LogP contribution in [0.25, 0.3) is 0 Å². The first-order chi connectivity index (χ1) is 17.6. The Hall–Kier alpha value is -2.37. The molecule has 0 radical (unpaired) electrons. The van der Waals surface area contributed by atoms with Gasteiger partial charge in [0.1, 0.15) is 13.2 Å². The van der Waals surface area contributed by atoms with Crippen LogP contribution >= 0.6 is 0 Å². The Morgan fingerprint density at radius 3 is 1.50 bits per heavy atom. The molecule has 1 rings (SSSR count). The fourth-order valence-corrected chi connectivity index (χ4v) is 2.75. The predicted molar refractivity (Wildman–Crippen MR) is 131 cm³/mol. The summed E-state index contributed by atoms with van der Waals surface area (Å²) in [5, 5.41) is 0. The molecule has 0 heterocycles. The second-order valence-electron chi connectivity index (χ2n) is 7.57. The van der Waals surface area contributed by atoms with Gasteiger partial charge in [0.15, 0.2) is 0 Å². The highest BCUT2D eigenvalue weighted by molar-refractivity contribution is 6.40. The van der Waals surface area contributed by atoms with Gasteiger partial charge in [-0.2, -0.15) is 0 Å². The third-order valence-corrected chi connectivity index (χ3v) is 4.65. The molecule has 204 valence electrons. The zero-order valence-corrected chi connectivity index (χ0v) is 21.3. The number of esters is 2. The normalized spacial score (nSPS) is 10.8. The number of ether oxygens (including phenoxy) is 7. The van der Waals surface area contributed by atoms with Crippen LogP contribution in [0.3, 0.4) is 0 Å². The quantitative estimate of drug-likeness (QED) is 0.0886. The lowest BCUT2D eigenvalue weighted by Crippen LogP contribution is -2.20. The van der Waals surface area contributed by atoms with Gasteiger partial charge in [0.25, 0.3) is 5.78 Å². The molecule has 0 amide bonds. The van der Waals surface area contributed by atoms with Gasteiger partial charge in [-0.3, -0.25) is 9.59 Å². The maximum absolute atomic E-state index is 11.8. The molecule has 0 aromatic heterocycles. The first kappa shape index (κ1) is 31.7. The Morgan fingerprint density at radius 1 is 0.583 bits per heavy atom. The van der Waals surface area contributed by atoms with Gasteiger partial charge in [-0.1, -0.05) is 50.1 Å². The van der Waals surface area contributed by atoms with Gasteiger partial charge in [-0.15, -0.1) is 0 Å². The summed E-state index contributed by atoms with van der Waals surface area (Å²) in [6.07, 6.45) is 3.45. The van der Waals surface area contributed by atoms with Crippen LogP contribution in [0.15, 0.2) is 30.3 Å².